The van der Waals surface area contributed by atoms with E-state index in [2.05, 4.69) is 10.3 Å². The summed E-state index contributed by atoms with van der Waals surface area (Å²) in [5, 5.41) is 3.17. The predicted molar refractivity (Wildman–Crippen MR) is 53.7 cm³/mol. The summed E-state index contributed by atoms with van der Waals surface area (Å²) in [6.45, 7) is 5.07. The third-order valence-electron chi connectivity index (χ3n) is 2.24. The van der Waals surface area contributed by atoms with E-state index in [1.54, 1.807) is 6.26 Å². The predicted octanol–water partition coefficient (Wildman–Crippen LogP) is 0.952. The first kappa shape index (κ1) is 10.4. The Labute approximate surface area is 88.8 Å². The van der Waals surface area contributed by atoms with E-state index in [0.29, 0.717) is 19.2 Å². The minimum absolute atomic E-state index is 0.0932. The zero-order valence-electron chi connectivity index (χ0n) is 8.86. The van der Waals surface area contributed by atoms with E-state index < -0.39 is 0 Å². The molecule has 1 aliphatic rings. The molecule has 0 aliphatic carbocycles. The summed E-state index contributed by atoms with van der Waals surface area (Å²) in [6.07, 6.45) is 2.97. The van der Waals surface area contributed by atoms with Gasteiger partial charge in [-0.15, -0.1) is 0 Å². The maximum Gasteiger partial charge on any atom is 0.394 e. The molecule has 1 aromatic rings. The largest absolute Gasteiger partial charge is 0.444 e. The van der Waals surface area contributed by atoms with Crippen LogP contribution in [0.25, 0.3) is 0 Å². The average Bonchev–Trinajstić information content (AvgIpc) is 2.87. The van der Waals surface area contributed by atoms with E-state index in [1.807, 2.05) is 6.92 Å². The summed E-state index contributed by atoms with van der Waals surface area (Å²) in [5.41, 5.74) is 0.866. The molecule has 0 saturated carbocycles. The molecule has 1 unspecified atom stereocenters. The number of aromatic nitrogens is 1. The lowest BCUT2D eigenvalue weighted by Crippen LogP contribution is -2.16. The molecule has 0 radical (unpaired) electrons. The van der Waals surface area contributed by atoms with Gasteiger partial charge in [0.25, 0.3) is 0 Å². The Bertz CT molecular complexity index is 295. The van der Waals surface area contributed by atoms with Gasteiger partial charge in [-0.25, -0.2) is 0 Å². The van der Waals surface area contributed by atoms with E-state index in [9.17, 15) is 0 Å². The molecule has 5 heteroatoms. The molecule has 15 heavy (non-hydrogen) atoms. The van der Waals surface area contributed by atoms with Crippen molar-refractivity contribution in [2.45, 2.75) is 26.0 Å². The van der Waals surface area contributed by atoms with Crippen LogP contribution < -0.4 is 10.1 Å². The molecule has 84 valence electrons. The molecule has 0 aromatic carbocycles. The third kappa shape index (κ3) is 2.94. The van der Waals surface area contributed by atoms with Crippen molar-refractivity contribution in [3.8, 4) is 6.08 Å². The minimum atomic E-state index is 0.0932. The summed E-state index contributed by atoms with van der Waals surface area (Å²) >= 11 is 0. The van der Waals surface area contributed by atoms with Crippen molar-refractivity contribution in [2.24, 2.45) is 0 Å². The number of oxazole rings is 1. The maximum atomic E-state index is 5.51. The van der Waals surface area contributed by atoms with Crippen LogP contribution in [0.3, 0.4) is 0 Å². The van der Waals surface area contributed by atoms with Crippen molar-refractivity contribution in [3.05, 3.63) is 12.0 Å². The van der Waals surface area contributed by atoms with E-state index in [4.69, 9.17) is 13.9 Å². The van der Waals surface area contributed by atoms with Gasteiger partial charge in [0.2, 0.25) is 0 Å². The topological polar surface area (TPSA) is 56.5 Å². The lowest BCUT2D eigenvalue weighted by Gasteiger charge is -2.05. The number of hydrogen-bond donors (Lipinski definition) is 1. The van der Waals surface area contributed by atoms with Crippen molar-refractivity contribution in [3.63, 3.8) is 0 Å². The van der Waals surface area contributed by atoms with Gasteiger partial charge in [0.1, 0.15) is 12.4 Å². The maximum absolute atomic E-state index is 5.51. The normalized spacial score (nSPS) is 20.7. The Hall–Kier alpha value is -1.07. The van der Waals surface area contributed by atoms with Crippen molar-refractivity contribution in [1.29, 1.82) is 0 Å². The highest BCUT2D eigenvalue weighted by atomic mass is 16.6. The zero-order valence-corrected chi connectivity index (χ0v) is 8.86. The first-order valence-corrected chi connectivity index (χ1v) is 5.28. The average molecular weight is 212 g/mol. The van der Waals surface area contributed by atoms with Crippen LogP contribution in [0.1, 0.15) is 19.0 Å². The summed E-state index contributed by atoms with van der Waals surface area (Å²) in [5.74, 6) is 0. The molecule has 1 atom stereocenters. The van der Waals surface area contributed by atoms with Crippen LogP contribution in [0.2, 0.25) is 0 Å². The van der Waals surface area contributed by atoms with E-state index >= 15 is 0 Å². The van der Waals surface area contributed by atoms with Crippen LogP contribution in [0, 0.1) is 0 Å². The fraction of sp³-hybridized carbons (Fsp3) is 0.700. The van der Waals surface area contributed by atoms with Gasteiger partial charge in [-0.3, -0.25) is 0 Å². The van der Waals surface area contributed by atoms with Crippen molar-refractivity contribution in [1.82, 2.24) is 10.3 Å². The van der Waals surface area contributed by atoms with Crippen molar-refractivity contribution >= 4 is 0 Å². The molecule has 1 aromatic heterocycles. The molecule has 0 bridgehead atoms. The lowest BCUT2D eigenvalue weighted by atomic mass is 10.3. The third-order valence-corrected chi connectivity index (χ3v) is 2.24. The molecule has 5 nitrogen and oxygen atoms in total. The fourth-order valence-electron chi connectivity index (χ4n) is 1.43. The van der Waals surface area contributed by atoms with Crippen LogP contribution in [0.15, 0.2) is 10.7 Å². The highest BCUT2D eigenvalue weighted by molar-refractivity contribution is 5.00. The summed E-state index contributed by atoms with van der Waals surface area (Å²) in [4.78, 5) is 4.20. The Kier molecular flexibility index (Phi) is 3.58. The van der Waals surface area contributed by atoms with Gasteiger partial charge in [0.15, 0.2) is 0 Å². The zero-order chi connectivity index (χ0) is 10.5. The highest BCUT2D eigenvalue weighted by Crippen LogP contribution is 2.15. The van der Waals surface area contributed by atoms with Gasteiger partial charge < -0.3 is 19.2 Å². The first-order valence-electron chi connectivity index (χ1n) is 5.28. The molecule has 1 fully saturated rings. The minimum Gasteiger partial charge on any atom is -0.444 e. The molecular formula is C10H16N2O3. The standard InChI is InChI=1S/C10H16N2O3/c1-2-11-5-8-6-14-10(12-8)15-9-3-4-13-7-9/h6,9,11H,2-5,7H2,1H3. The number of nitrogens with zero attached hydrogens (tertiary/aromatic N) is 1. The summed E-state index contributed by atoms with van der Waals surface area (Å²) in [6, 6.07) is 0. The van der Waals surface area contributed by atoms with E-state index in [0.717, 1.165) is 25.3 Å². The molecular weight excluding hydrogens is 196 g/mol. The fourth-order valence-corrected chi connectivity index (χ4v) is 1.43. The van der Waals surface area contributed by atoms with Crippen LogP contribution in [0.5, 0.6) is 6.08 Å². The van der Waals surface area contributed by atoms with Gasteiger partial charge in [0.05, 0.1) is 18.9 Å². The van der Waals surface area contributed by atoms with Gasteiger partial charge in [-0.05, 0) is 6.54 Å². The van der Waals surface area contributed by atoms with Gasteiger partial charge in [0, 0.05) is 13.0 Å². The Morgan fingerprint density at radius 1 is 1.67 bits per heavy atom. The molecule has 1 aliphatic heterocycles. The second kappa shape index (κ2) is 5.14. The quantitative estimate of drug-likeness (QED) is 0.787. The molecule has 1 saturated heterocycles. The van der Waals surface area contributed by atoms with Crippen LogP contribution >= 0.6 is 0 Å². The molecule has 1 N–H and O–H groups in total. The second-order valence-corrected chi connectivity index (χ2v) is 3.49. The van der Waals surface area contributed by atoms with Crippen molar-refractivity contribution in [2.75, 3.05) is 19.8 Å². The van der Waals surface area contributed by atoms with E-state index in [1.165, 1.54) is 0 Å². The molecule has 0 spiro atoms. The highest BCUT2D eigenvalue weighted by Gasteiger charge is 2.19. The first-order chi connectivity index (χ1) is 7.38. The number of hydrogen-bond acceptors (Lipinski definition) is 5. The SMILES string of the molecule is CCNCc1coc(OC2CCOC2)n1. The number of ether oxygens (including phenoxy) is 2. The second-order valence-electron chi connectivity index (χ2n) is 3.49. The van der Waals surface area contributed by atoms with Crippen LogP contribution in [0.4, 0.5) is 0 Å². The Morgan fingerprint density at radius 3 is 3.33 bits per heavy atom. The smallest absolute Gasteiger partial charge is 0.394 e. The van der Waals surface area contributed by atoms with Crippen LogP contribution in [-0.2, 0) is 11.3 Å². The number of nitrogens with one attached hydrogen (secondary N) is 1. The summed E-state index contributed by atoms with van der Waals surface area (Å²) < 4.78 is 15.9. The lowest BCUT2D eigenvalue weighted by molar-refractivity contribution is 0.115. The molecule has 2 heterocycles. The Morgan fingerprint density at radius 2 is 2.60 bits per heavy atom. The van der Waals surface area contributed by atoms with E-state index in [-0.39, 0.29) is 6.10 Å². The van der Waals surface area contributed by atoms with Gasteiger partial charge in [-0.2, -0.15) is 4.98 Å². The Balaban J connectivity index is 1.83. The van der Waals surface area contributed by atoms with Crippen LogP contribution in [-0.4, -0.2) is 30.8 Å². The monoisotopic (exact) mass is 212 g/mol. The van der Waals surface area contributed by atoms with Gasteiger partial charge in [-0.1, -0.05) is 6.92 Å². The molecule has 2 rings (SSSR count). The number of rotatable bonds is 5. The molecule has 0 amide bonds. The van der Waals surface area contributed by atoms with Crippen molar-refractivity contribution < 1.29 is 13.9 Å². The summed E-state index contributed by atoms with van der Waals surface area (Å²) in [7, 11) is 0. The van der Waals surface area contributed by atoms with Gasteiger partial charge >= 0.3 is 6.08 Å².